The van der Waals surface area contributed by atoms with Gasteiger partial charge in [-0.3, -0.25) is 4.79 Å². The molecular formula is C16H24N4O2. The Bertz CT molecular complexity index is 495. The van der Waals surface area contributed by atoms with Crippen LogP contribution in [0.4, 0.5) is 10.5 Å². The fourth-order valence-electron chi connectivity index (χ4n) is 2.58. The van der Waals surface area contributed by atoms with Crippen LogP contribution >= 0.6 is 0 Å². The molecular weight excluding hydrogens is 280 g/mol. The number of hydrogen-bond acceptors (Lipinski definition) is 3. The van der Waals surface area contributed by atoms with Crippen LogP contribution in [0.25, 0.3) is 0 Å². The standard InChI is InChI=1S/C16H24N4O2/c17-10-11-18-16(22)20-14-8-6-12(7-9-14)15(21)19-13-4-2-1-3-5-13/h6-9,13H,1-5,10-11,17H2,(H,19,21)(H2,18,20,22). The first kappa shape index (κ1) is 16.3. The van der Waals surface area contributed by atoms with E-state index in [1.807, 2.05) is 0 Å². The van der Waals surface area contributed by atoms with E-state index in [2.05, 4.69) is 16.0 Å². The van der Waals surface area contributed by atoms with Gasteiger partial charge in [-0.2, -0.15) is 0 Å². The van der Waals surface area contributed by atoms with E-state index < -0.39 is 0 Å². The zero-order valence-electron chi connectivity index (χ0n) is 12.7. The lowest BCUT2D eigenvalue weighted by atomic mass is 9.95. The van der Waals surface area contributed by atoms with Crippen LogP contribution in [-0.4, -0.2) is 31.1 Å². The van der Waals surface area contributed by atoms with E-state index in [1.165, 1.54) is 19.3 Å². The molecule has 0 saturated heterocycles. The number of nitrogens with one attached hydrogen (secondary N) is 3. The molecule has 120 valence electrons. The highest BCUT2D eigenvalue weighted by Gasteiger charge is 2.16. The number of anilines is 1. The summed E-state index contributed by atoms with van der Waals surface area (Å²) in [6.07, 6.45) is 5.76. The summed E-state index contributed by atoms with van der Waals surface area (Å²) in [4.78, 5) is 23.7. The molecule has 1 aromatic rings. The van der Waals surface area contributed by atoms with Crippen molar-refractivity contribution in [2.24, 2.45) is 5.73 Å². The van der Waals surface area contributed by atoms with Crippen LogP contribution in [0.15, 0.2) is 24.3 Å². The predicted octanol–water partition coefficient (Wildman–Crippen LogP) is 1.83. The summed E-state index contributed by atoms with van der Waals surface area (Å²) >= 11 is 0. The fraction of sp³-hybridized carbons (Fsp3) is 0.500. The van der Waals surface area contributed by atoms with Crippen LogP contribution < -0.4 is 21.7 Å². The largest absolute Gasteiger partial charge is 0.349 e. The molecule has 1 saturated carbocycles. The highest BCUT2D eigenvalue weighted by molar-refractivity contribution is 5.95. The van der Waals surface area contributed by atoms with Crippen molar-refractivity contribution in [3.05, 3.63) is 29.8 Å². The van der Waals surface area contributed by atoms with Gasteiger partial charge in [-0.15, -0.1) is 0 Å². The molecule has 0 spiro atoms. The molecule has 5 N–H and O–H groups in total. The first-order valence-corrected chi connectivity index (χ1v) is 7.85. The summed E-state index contributed by atoms with van der Waals surface area (Å²) in [5, 5.41) is 8.38. The Balaban J connectivity index is 1.85. The molecule has 6 heteroatoms. The SMILES string of the molecule is NCCNC(=O)Nc1ccc(C(=O)NC2CCCCC2)cc1. The maximum Gasteiger partial charge on any atom is 0.319 e. The van der Waals surface area contributed by atoms with Crippen molar-refractivity contribution in [2.75, 3.05) is 18.4 Å². The Morgan fingerprint density at radius 3 is 2.41 bits per heavy atom. The van der Waals surface area contributed by atoms with E-state index in [4.69, 9.17) is 5.73 Å². The zero-order valence-corrected chi connectivity index (χ0v) is 12.7. The third kappa shape index (κ3) is 5.04. The highest BCUT2D eigenvalue weighted by atomic mass is 16.2. The Labute approximate surface area is 130 Å². The molecule has 22 heavy (non-hydrogen) atoms. The fourth-order valence-corrected chi connectivity index (χ4v) is 2.58. The van der Waals surface area contributed by atoms with Crippen molar-refractivity contribution in [3.63, 3.8) is 0 Å². The molecule has 1 aliphatic carbocycles. The molecule has 0 atom stereocenters. The van der Waals surface area contributed by atoms with Crippen LogP contribution in [0.2, 0.25) is 0 Å². The van der Waals surface area contributed by atoms with E-state index in [1.54, 1.807) is 24.3 Å². The Morgan fingerprint density at radius 2 is 1.77 bits per heavy atom. The molecule has 0 heterocycles. The summed E-state index contributed by atoms with van der Waals surface area (Å²) in [7, 11) is 0. The number of benzene rings is 1. The molecule has 0 bridgehead atoms. The van der Waals surface area contributed by atoms with E-state index in [9.17, 15) is 9.59 Å². The van der Waals surface area contributed by atoms with Crippen molar-refractivity contribution in [1.29, 1.82) is 0 Å². The topological polar surface area (TPSA) is 96.2 Å². The maximum absolute atomic E-state index is 12.2. The number of hydrogen-bond donors (Lipinski definition) is 4. The summed E-state index contributed by atoms with van der Waals surface area (Å²) in [6.45, 7) is 0.821. The van der Waals surface area contributed by atoms with Gasteiger partial charge in [0.1, 0.15) is 0 Å². The van der Waals surface area contributed by atoms with Crippen LogP contribution in [-0.2, 0) is 0 Å². The average Bonchev–Trinajstić information content (AvgIpc) is 2.54. The monoisotopic (exact) mass is 304 g/mol. The smallest absolute Gasteiger partial charge is 0.319 e. The van der Waals surface area contributed by atoms with Gasteiger partial charge in [0.15, 0.2) is 0 Å². The van der Waals surface area contributed by atoms with E-state index in [0.717, 1.165) is 12.8 Å². The number of nitrogens with two attached hydrogens (primary N) is 1. The number of carbonyl (C=O) groups is 2. The van der Waals surface area contributed by atoms with Crippen molar-refractivity contribution in [2.45, 2.75) is 38.1 Å². The van der Waals surface area contributed by atoms with Gasteiger partial charge in [-0.25, -0.2) is 4.79 Å². The van der Waals surface area contributed by atoms with Gasteiger partial charge in [-0.05, 0) is 37.1 Å². The van der Waals surface area contributed by atoms with Crippen molar-refractivity contribution >= 4 is 17.6 Å². The molecule has 1 aliphatic rings. The summed E-state index contributed by atoms with van der Waals surface area (Å²) in [5.41, 5.74) is 6.57. The molecule has 0 unspecified atom stereocenters. The molecule has 1 aromatic carbocycles. The van der Waals surface area contributed by atoms with Crippen LogP contribution in [0.3, 0.4) is 0 Å². The number of amides is 3. The molecule has 1 fully saturated rings. The van der Waals surface area contributed by atoms with Crippen molar-refractivity contribution < 1.29 is 9.59 Å². The van der Waals surface area contributed by atoms with E-state index in [-0.39, 0.29) is 11.9 Å². The molecule has 0 aliphatic heterocycles. The second-order valence-corrected chi connectivity index (χ2v) is 5.56. The highest BCUT2D eigenvalue weighted by Crippen LogP contribution is 2.18. The van der Waals surface area contributed by atoms with Crippen LogP contribution in [0.5, 0.6) is 0 Å². The lowest BCUT2D eigenvalue weighted by Gasteiger charge is -2.22. The van der Waals surface area contributed by atoms with Crippen molar-refractivity contribution in [1.82, 2.24) is 10.6 Å². The summed E-state index contributed by atoms with van der Waals surface area (Å²) in [6, 6.07) is 6.87. The maximum atomic E-state index is 12.2. The molecule has 2 rings (SSSR count). The lowest BCUT2D eigenvalue weighted by molar-refractivity contribution is 0.0927. The third-order valence-corrected chi connectivity index (χ3v) is 3.78. The van der Waals surface area contributed by atoms with Gasteiger partial charge in [0.05, 0.1) is 0 Å². The molecule has 3 amide bonds. The molecule has 0 aromatic heterocycles. The number of carbonyl (C=O) groups excluding carboxylic acids is 2. The summed E-state index contributed by atoms with van der Waals surface area (Å²) < 4.78 is 0. The minimum absolute atomic E-state index is 0.0500. The quantitative estimate of drug-likeness (QED) is 0.668. The van der Waals surface area contributed by atoms with Crippen LogP contribution in [0.1, 0.15) is 42.5 Å². The van der Waals surface area contributed by atoms with Gasteiger partial charge in [0.2, 0.25) is 0 Å². The summed E-state index contributed by atoms with van der Waals surface area (Å²) in [5.74, 6) is -0.0500. The zero-order chi connectivity index (χ0) is 15.8. The van der Waals surface area contributed by atoms with Gasteiger partial charge < -0.3 is 21.7 Å². The van der Waals surface area contributed by atoms with Crippen molar-refractivity contribution in [3.8, 4) is 0 Å². The van der Waals surface area contributed by atoms with Gasteiger partial charge >= 0.3 is 6.03 Å². The molecule has 0 radical (unpaired) electrons. The second kappa shape index (κ2) is 8.38. The Kier molecular flexibility index (Phi) is 6.21. The van der Waals surface area contributed by atoms with Gasteiger partial charge in [0, 0.05) is 30.4 Å². The minimum atomic E-state index is -0.301. The first-order valence-electron chi connectivity index (χ1n) is 7.85. The second-order valence-electron chi connectivity index (χ2n) is 5.56. The van der Waals surface area contributed by atoms with Gasteiger partial charge in [-0.1, -0.05) is 19.3 Å². The van der Waals surface area contributed by atoms with Gasteiger partial charge in [0.25, 0.3) is 5.91 Å². The Hall–Kier alpha value is -2.08. The number of rotatable bonds is 5. The van der Waals surface area contributed by atoms with E-state index >= 15 is 0 Å². The third-order valence-electron chi connectivity index (χ3n) is 3.78. The normalized spacial score (nSPS) is 15.1. The first-order chi connectivity index (χ1) is 10.7. The minimum Gasteiger partial charge on any atom is -0.349 e. The lowest BCUT2D eigenvalue weighted by Crippen LogP contribution is -2.36. The Morgan fingerprint density at radius 1 is 1.09 bits per heavy atom. The molecule has 6 nitrogen and oxygen atoms in total. The van der Waals surface area contributed by atoms with E-state index in [0.29, 0.717) is 30.4 Å². The van der Waals surface area contributed by atoms with Crippen LogP contribution in [0, 0.1) is 0 Å². The number of urea groups is 1. The average molecular weight is 304 g/mol. The predicted molar refractivity (Wildman–Crippen MR) is 86.9 cm³/mol.